The van der Waals surface area contributed by atoms with E-state index in [1.54, 1.807) is 0 Å². The quantitative estimate of drug-likeness (QED) is 0.414. The largest absolute Gasteiger partial charge is 0.405 e. The number of nitro groups is 1. The molecule has 0 saturated carbocycles. The van der Waals surface area contributed by atoms with Crippen LogP contribution in [0.15, 0.2) is 18.2 Å². The Morgan fingerprint density at radius 1 is 1.40 bits per heavy atom. The maximum atomic E-state index is 12.5. The number of rotatable bonds is 6. The van der Waals surface area contributed by atoms with Crippen molar-refractivity contribution in [2.45, 2.75) is 6.18 Å². The standard InChI is InChI=1S/C10H13F3N4O3/c11-10(12,13)6-16(1-2-18)8-3-7(15-14)4-9(5-8)17(19)20/h3-5,15,18H,1-2,6,14H2. The van der Waals surface area contributed by atoms with Gasteiger partial charge >= 0.3 is 6.18 Å². The molecule has 0 aliphatic rings. The van der Waals surface area contributed by atoms with Crippen LogP contribution in [0.5, 0.6) is 0 Å². The molecule has 1 aromatic carbocycles. The number of alkyl halides is 3. The van der Waals surface area contributed by atoms with Crippen LogP contribution in [0.1, 0.15) is 0 Å². The van der Waals surface area contributed by atoms with E-state index >= 15 is 0 Å². The molecule has 0 fully saturated rings. The van der Waals surface area contributed by atoms with E-state index in [1.165, 1.54) is 6.07 Å². The zero-order valence-corrected chi connectivity index (χ0v) is 10.2. The van der Waals surface area contributed by atoms with Crippen LogP contribution in [-0.4, -0.2) is 35.9 Å². The summed E-state index contributed by atoms with van der Waals surface area (Å²) in [6, 6.07) is 3.31. The van der Waals surface area contributed by atoms with Gasteiger partial charge in [-0.15, -0.1) is 0 Å². The van der Waals surface area contributed by atoms with Crippen LogP contribution in [0.3, 0.4) is 0 Å². The number of aliphatic hydroxyl groups is 1. The van der Waals surface area contributed by atoms with Gasteiger partial charge in [0, 0.05) is 24.4 Å². The van der Waals surface area contributed by atoms with Crippen molar-refractivity contribution < 1.29 is 23.2 Å². The summed E-state index contributed by atoms with van der Waals surface area (Å²) in [4.78, 5) is 10.8. The highest BCUT2D eigenvalue weighted by atomic mass is 19.4. The third-order valence-electron chi connectivity index (χ3n) is 2.39. The molecule has 0 spiro atoms. The number of aliphatic hydroxyl groups excluding tert-OH is 1. The molecule has 0 saturated heterocycles. The molecular formula is C10H13F3N4O3. The molecule has 4 N–H and O–H groups in total. The number of anilines is 2. The molecular weight excluding hydrogens is 281 g/mol. The van der Waals surface area contributed by atoms with Crippen molar-refractivity contribution in [2.75, 3.05) is 30.0 Å². The number of nitrogens with two attached hydrogens (primary N) is 1. The van der Waals surface area contributed by atoms with Gasteiger partial charge in [0.15, 0.2) is 0 Å². The fourth-order valence-corrected chi connectivity index (χ4v) is 1.60. The summed E-state index contributed by atoms with van der Waals surface area (Å²) in [5, 5.41) is 19.6. The van der Waals surface area contributed by atoms with Crippen molar-refractivity contribution in [3.63, 3.8) is 0 Å². The third kappa shape index (κ3) is 4.55. The number of nitrogens with one attached hydrogen (secondary N) is 1. The van der Waals surface area contributed by atoms with Gasteiger partial charge in [0.2, 0.25) is 0 Å². The minimum absolute atomic E-state index is 0.0569. The number of hydrazine groups is 1. The molecule has 0 bridgehead atoms. The number of nitrogen functional groups attached to an aromatic ring is 1. The topological polar surface area (TPSA) is 105 Å². The molecule has 0 aromatic heterocycles. The van der Waals surface area contributed by atoms with E-state index in [4.69, 9.17) is 10.9 Å². The summed E-state index contributed by atoms with van der Waals surface area (Å²) >= 11 is 0. The lowest BCUT2D eigenvalue weighted by Gasteiger charge is -2.25. The van der Waals surface area contributed by atoms with E-state index < -0.39 is 29.9 Å². The van der Waals surface area contributed by atoms with E-state index in [9.17, 15) is 23.3 Å². The molecule has 20 heavy (non-hydrogen) atoms. The van der Waals surface area contributed by atoms with Crippen molar-refractivity contribution in [1.82, 2.24) is 0 Å². The zero-order chi connectivity index (χ0) is 15.3. The summed E-state index contributed by atoms with van der Waals surface area (Å²) in [5.41, 5.74) is 1.78. The summed E-state index contributed by atoms with van der Waals surface area (Å²) in [5.74, 6) is 5.13. The molecule has 0 radical (unpaired) electrons. The van der Waals surface area contributed by atoms with Gasteiger partial charge in [-0.25, -0.2) is 0 Å². The van der Waals surface area contributed by atoms with Gasteiger partial charge in [0.05, 0.1) is 17.2 Å². The predicted molar refractivity (Wildman–Crippen MR) is 66.3 cm³/mol. The van der Waals surface area contributed by atoms with Gasteiger partial charge in [-0.05, 0) is 6.07 Å². The monoisotopic (exact) mass is 294 g/mol. The fraction of sp³-hybridized carbons (Fsp3) is 0.400. The normalized spacial score (nSPS) is 11.2. The van der Waals surface area contributed by atoms with E-state index in [2.05, 4.69) is 5.43 Å². The van der Waals surface area contributed by atoms with Crippen LogP contribution < -0.4 is 16.2 Å². The van der Waals surface area contributed by atoms with Crippen LogP contribution in [0.25, 0.3) is 0 Å². The van der Waals surface area contributed by atoms with Crippen LogP contribution in [0.2, 0.25) is 0 Å². The lowest BCUT2D eigenvalue weighted by atomic mass is 10.2. The average molecular weight is 294 g/mol. The minimum atomic E-state index is -4.50. The highest BCUT2D eigenvalue weighted by Gasteiger charge is 2.31. The maximum Gasteiger partial charge on any atom is 0.405 e. The number of benzene rings is 1. The Bertz CT molecular complexity index is 481. The average Bonchev–Trinajstić information content (AvgIpc) is 2.36. The summed E-state index contributed by atoms with van der Waals surface area (Å²) in [6.45, 7) is -2.17. The Labute approximate surface area is 111 Å². The van der Waals surface area contributed by atoms with Crippen molar-refractivity contribution in [1.29, 1.82) is 0 Å². The Morgan fingerprint density at radius 2 is 2.05 bits per heavy atom. The van der Waals surface area contributed by atoms with E-state index in [0.29, 0.717) is 0 Å². The maximum absolute atomic E-state index is 12.5. The molecule has 10 heteroatoms. The van der Waals surface area contributed by atoms with Gasteiger partial charge in [0.25, 0.3) is 5.69 Å². The second-order valence-corrected chi connectivity index (χ2v) is 3.90. The minimum Gasteiger partial charge on any atom is -0.395 e. The molecule has 0 aliphatic carbocycles. The Morgan fingerprint density at radius 3 is 2.50 bits per heavy atom. The highest BCUT2D eigenvalue weighted by Crippen LogP contribution is 2.28. The number of nitro benzene ring substituents is 1. The molecule has 0 unspecified atom stereocenters. The molecule has 1 aromatic rings. The van der Waals surface area contributed by atoms with Crippen LogP contribution in [0, 0.1) is 10.1 Å². The molecule has 0 aliphatic heterocycles. The summed E-state index contributed by atoms with van der Waals surface area (Å²) in [7, 11) is 0. The van der Waals surface area contributed by atoms with Crippen molar-refractivity contribution in [3.8, 4) is 0 Å². The first kappa shape index (κ1) is 16.0. The zero-order valence-electron chi connectivity index (χ0n) is 10.2. The van der Waals surface area contributed by atoms with Crippen molar-refractivity contribution >= 4 is 17.1 Å². The molecule has 1 rings (SSSR count). The lowest BCUT2D eigenvalue weighted by Crippen LogP contribution is -2.36. The molecule has 0 heterocycles. The Balaban J connectivity index is 3.17. The highest BCUT2D eigenvalue weighted by molar-refractivity contribution is 5.64. The molecule has 7 nitrogen and oxygen atoms in total. The molecule has 0 amide bonds. The van der Waals surface area contributed by atoms with Crippen LogP contribution in [0.4, 0.5) is 30.2 Å². The van der Waals surface area contributed by atoms with Crippen molar-refractivity contribution in [2.24, 2.45) is 5.84 Å². The SMILES string of the molecule is NNc1cc(N(CCO)CC(F)(F)F)cc([N+](=O)[O-])c1. The van der Waals surface area contributed by atoms with Crippen LogP contribution in [-0.2, 0) is 0 Å². The second kappa shape index (κ2) is 6.39. The van der Waals surface area contributed by atoms with Gasteiger partial charge in [-0.1, -0.05) is 0 Å². The second-order valence-electron chi connectivity index (χ2n) is 3.90. The Kier molecular flexibility index (Phi) is 5.11. The lowest BCUT2D eigenvalue weighted by molar-refractivity contribution is -0.384. The number of hydrogen-bond acceptors (Lipinski definition) is 6. The van der Waals surface area contributed by atoms with Crippen LogP contribution >= 0.6 is 0 Å². The predicted octanol–water partition coefficient (Wildman–Crippen LogP) is 1.24. The van der Waals surface area contributed by atoms with Gasteiger partial charge in [0.1, 0.15) is 6.54 Å². The summed E-state index contributed by atoms with van der Waals surface area (Å²) in [6.07, 6.45) is -4.50. The van der Waals surface area contributed by atoms with Gasteiger partial charge in [-0.3, -0.25) is 16.0 Å². The van der Waals surface area contributed by atoms with Gasteiger partial charge in [-0.2, -0.15) is 13.2 Å². The summed E-state index contributed by atoms with van der Waals surface area (Å²) < 4.78 is 37.4. The number of halogens is 3. The van der Waals surface area contributed by atoms with E-state index in [1.807, 2.05) is 0 Å². The number of hydrogen-bond donors (Lipinski definition) is 3. The van der Waals surface area contributed by atoms with Crippen molar-refractivity contribution in [3.05, 3.63) is 28.3 Å². The van der Waals surface area contributed by atoms with Gasteiger partial charge < -0.3 is 15.4 Å². The smallest absolute Gasteiger partial charge is 0.395 e. The van der Waals surface area contributed by atoms with E-state index in [-0.39, 0.29) is 17.9 Å². The molecule has 112 valence electrons. The first-order valence-corrected chi connectivity index (χ1v) is 5.45. The Hall–Kier alpha value is -2.07. The number of non-ortho nitro benzene ring substituents is 1. The molecule has 0 atom stereocenters. The first-order valence-electron chi connectivity index (χ1n) is 5.45. The first-order chi connectivity index (χ1) is 9.26. The fourth-order valence-electron chi connectivity index (χ4n) is 1.60. The van der Waals surface area contributed by atoms with E-state index in [0.717, 1.165) is 17.0 Å². The third-order valence-corrected chi connectivity index (χ3v) is 2.39. The number of nitrogens with zero attached hydrogens (tertiary/aromatic N) is 2.